The summed E-state index contributed by atoms with van der Waals surface area (Å²) in [7, 11) is 0. The van der Waals surface area contributed by atoms with Crippen LogP contribution < -0.4 is 5.32 Å². The molecule has 0 fully saturated rings. The summed E-state index contributed by atoms with van der Waals surface area (Å²) >= 11 is 4.86. The first-order valence-electron chi connectivity index (χ1n) is 4.87. The smallest absolute Gasteiger partial charge is 0.283 e. The summed E-state index contributed by atoms with van der Waals surface area (Å²) in [5, 5.41) is 15.9. The Balaban J connectivity index is 2.07. The highest BCUT2D eigenvalue weighted by molar-refractivity contribution is 9.10. The average molecular weight is 313 g/mol. The maximum atomic E-state index is 10.6. The fraction of sp³-hybridized carbons (Fsp3) is 0.0909. The van der Waals surface area contributed by atoms with E-state index in [1.54, 1.807) is 23.5 Å². The number of hydrogen-bond acceptors (Lipinski definition) is 4. The molecule has 0 amide bonds. The van der Waals surface area contributed by atoms with Gasteiger partial charge in [-0.2, -0.15) is 0 Å². The summed E-state index contributed by atoms with van der Waals surface area (Å²) in [6, 6.07) is 8.94. The van der Waals surface area contributed by atoms with Gasteiger partial charge in [-0.15, -0.1) is 11.3 Å². The topological polar surface area (TPSA) is 55.2 Å². The van der Waals surface area contributed by atoms with E-state index in [1.807, 2.05) is 17.5 Å². The number of anilines is 1. The molecule has 0 aliphatic heterocycles. The Hall–Kier alpha value is -1.40. The van der Waals surface area contributed by atoms with Crippen molar-refractivity contribution in [1.82, 2.24) is 0 Å². The second kappa shape index (κ2) is 5.29. The SMILES string of the molecule is O=[N+]([O-])c1ccc(NCc2cccs2)cc1Br. The van der Waals surface area contributed by atoms with Crippen molar-refractivity contribution in [3.63, 3.8) is 0 Å². The number of thiophene rings is 1. The first kappa shape index (κ1) is 12.1. The Morgan fingerprint density at radius 2 is 2.24 bits per heavy atom. The van der Waals surface area contributed by atoms with Crippen LogP contribution in [0, 0.1) is 10.1 Å². The molecule has 0 aliphatic carbocycles. The zero-order valence-corrected chi connectivity index (χ0v) is 11.1. The maximum absolute atomic E-state index is 10.6. The van der Waals surface area contributed by atoms with Gasteiger partial charge in [0.15, 0.2) is 0 Å². The van der Waals surface area contributed by atoms with Crippen LogP contribution in [0.15, 0.2) is 40.2 Å². The van der Waals surface area contributed by atoms with Crippen LogP contribution in [0.25, 0.3) is 0 Å². The lowest BCUT2D eigenvalue weighted by molar-refractivity contribution is -0.385. The molecule has 6 heteroatoms. The van der Waals surface area contributed by atoms with Crippen molar-refractivity contribution in [3.05, 3.63) is 55.2 Å². The Labute approximate surface area is 111 Å². The normalized spacial score (nSPS) is 10.2. The van der Waals surface area contributed by atoms with Crippen molar-refractivity contribution in [1.29, 1.82) is 0 Å². The first-order chi connectivity index (χ1) is 8.16. The van der Waals surface area contributed by atoms with Crippen molar-refractivity contribution in [2.45, 2.75) is 6.54 Å². The molecule has 88 valence electrons. The minimum Gasteiger partial charge on any atom is -0.380 e. The van der Waals surface area contributed by atoms with Gasteiger partial charge in [0.1, 0.15) is 0 Å². The molecule has 17 heavy (non-hydrogen) atoms. The molecule has 0 unspecified atom stereocenters. The van der Waals surface area contributed by atoms with Gasteiger partial charge in [-0.3, -0.25) is 10.1 Å². The number of nitro groups is 1. The van der Waals surface area contributed by atoms with E-state index in [2.05, 4.69) is 21.2 Å². The van der Waals surface area contributed by atoms with Gasteiger partial charge in [-0.1, -0.05) is 6.07 Å². The molecule has 0 radical (unpaired) electrons. The van der Waals surface area contributed by atoms with E-state index in [9.17, 15) is 10.1 Å². The Morgan fingerprint density at radius 3 is 2.82 bits per heavy atom. The predicted octanol–water partition coefficient (Wildman–Crippen LogP) is 4.03. The Bertz CT molecular complexity index is 528. The highest BCUT2D eigenvalue weighted by Gasteiger charge is 2.11. The molecule has 2 aromatic rings. The molecule has 0 atom stereocenters. The predicted molar refractivity (Wildman–Crippen MR) is 72.4 cm³/mol. The lowest BCUT2D eigenvalue weighted by Crippen LogP contribution is -1.98. The molecule has 0 spiro atoms. The monoisotopic (exact) mass is 312 g/mol. The van der Waals surface area contributed by atoms with Gasteiger partial charge in [0.25, 0.3) is 5.69 Å². The van der Waals surface area contributed by atoms with Crippen LogP contribution in [0.2, 0.25) is 0 Å². The molecule has 2 rings (SSSR count). The summed E-state index contributed by atoms with van der Waals surface area (Å²) in [6.45, 7) is 0.724. The molecule has 0 bridgehead atoms. The molecule has 4 nitrogen and oxygen atoms in total. The number of nitrogens with zero attached hydrogens (tertiary/aromatic N) is 1. The molecule has 1 aromatic heterocycles. The van der Waals surface area contributed by atoms with E-state index in [4.69, 9.17) is 0 Å². The third-order valence-corrected chi connectivity index (χ3v) is 3.70. The molecule has 1 N–H and O–H groups in total. The summed E-state index contributed by atoms with van der Waals surface area (Å²) in [6.07, 6.45) is 0. The molecular formula is C11H9BrN2O2S. The van der Waals surface area contributed by atoms with Crippen molar-refractivity contribution < 1.29 is 4.92 Å². The Kier molecular flexibility index (Phi) is 3.75. The van der Waals surface area contributed by atoms with Crippen LogP contribution in [0.3, 0.4) is 0 Å². The average Bonchev–Trinajstić information content (AvgIpc) is 2.78. The van der Waals surface area contributed by atoms with Crippen LogP contribution >= 0.6 is 27.3 Å². The molecule has 1 heterocycles. The third-order valence-electron chi connectivity index (χ3n) is 2.19. The van der Waals surface area contributed by atoms with E-state index >= 15 is 0 Å². The zero-order chi connectivity index (χ0) is 12.3. The summed E-state index contributed by atoms with van der Waals surface area (Å²) in [5.74, 6) is 0. The van der Waals surface area contributed by atoms with Crippen LogP contribution in [0.4, 0.5) is 11.4 Å². The van der Waals surface area contributed by atoms with E-state index in [0.717, 1.165) is 12.2 Å². The van der Waals surface area contributed by atoms with E-state index in [-0.39, 0.29) is 5.69 Å². The number of nitro benzene ring substituents is 1. The van der Waals surface area contributed by atoms with Crippen LogP contribution in [0.1, 0.15) is 4.88 Å². The van der Waals surface area contributed by atoms with Gasteiger partial charge < -0.3 is 5.32 Å². The van der Waals surface area contributed by atoms with Gasteiger partial charge in [0, 0.05) is 23.2 Å². The summed E-state index contributed by atoms with van der Waals surface area (Å²) < 4.78 is 0.485. The van der Waals surface area contributed by atoms with Crippen LogP contribution in [0.5, 0.6) is 0 Å². The summed E-state index contributed by atoms with van der Waals surface area (Å²) in [4.78, 5) is 11.4. The second-order valence-corrected chi connectivity index (χ2v) is 5.24. The van der Waals surface area contributed by atoms with Crippen molar-refractivity contribution in [2.24, 2.45) is 0 Å². The quantitative estimate of drug-likeness (QED) is 0.685. The first-order valence-corrected chi connectivity index (χ1v) is 6.54. The lowest BCUT2D eigenvalue weighted by atomic mass is 10.3. The standard InChI is InChI=1S/C11H9BrN2O2S/c12-10-6-8(3-4-11(10)14(15)16)13-7-9-2-1-5-17-9/h1-6,13H,7H2. The largest absolute Gasteiger partial charge is 0.380 e. The number of hydrogen-bond donors (Lipinski definition) is 1. The van der Waals surface area contributed by atoms with E-state index in [1.165, 1.54) is 10.9 Å². The van der Waals surface area contributed by atoms with E-state index in [0.29, 0.717) is 4.47 Å². The van der Waals surface area contributed by atoms with Gasteiger partial charge in [0.2, 0.25) is 0 Å². The Morgan fingerprint density at radius 1 is 1.41 bits per heavy atom. The molecule has 0 aliphatic rings. The maximum Gasteiger partial charge on any atom is 0.283 e. The zero-order valence-electron chi connectivity index (χ0n) is 8.72. The minimum absolute atomic E-state index is 0.0756. The number of halogens is 1. The van der Waals surface area contributed by atoms with Gasteiger partial charge in [-0.25, -0.2) is 0 Å². The molecule has 1 aromatic carbocycles. The second-order valence-electron chi connectivity index (χ2n) is 3.36. The molecular weight excluding hydrogens is 304 g/mol. The van der Waals surface area contributed by atoms with Crippen molar-refractivity contribution in [3.8, 4) is 0 Å². The summed E-state index contributed by atoms with van der Waals surface area (Å²) in [5.41, 5.74) is 0.933. The van der Waals surface area contributed by atoms with Crippen molar-refractivity contribution >= 4 is 38.6 Å². The van der Waals surface area contributed by atoms with Gasteiger partial charge in [0.05, 0.1) is 9.40 Å². The number of benzene rings is 1. The van der Waals surface area contributed by atoms with Crippen LogP contribution in [-0.4, -0.2) is 4.92 Å². The number of nitrogens with one attached hydrogen (secondary N) is 1. The highest BCUT2D eigenvalue weighted by atomic mass is 79.9. The van der Waals surface area contributed by atoms with Gasteiger partial charge >= 0.3 is 0 Å². The van der Waals surface area contributed by atoms with Crippen LogP contribution in [-0.2, 0) is 6.54 Å². The highest BCUT2D eigenvalue weighted by Crippen LogP contribution is 2.28. The third kappa shape index (κ3) is 3.04. The molecule has 0 saturated carbocycles. The van der Waals surface area contributed by atoms with Gasteiger partial charge in [-0.05, 0) is 39.5 Å². The fourth-order valence-electron chi connectivity index (χ4n) is 1.37. The lowest BCUT2D eigenvalue weighted by Gasteiger charge is -2.05. The number of rotatable bonds is 4. The van der Waals surface area contributed by atoms with Crippen molar-refractivity contribution in [2.75, 3.05) is 5.32 Å². The minimum atomic E-state index is -0.410. The van der Waals surface area contributed by atoms with E-state index < -0.39 is 4.92 Å². The fourth-order valence-corrected chi connectivity index (χ4v) is 2.54. The molecule has 0 saturated heterocycles.